The number of nitrogens with zero attached hydrogens (tertiary/aromatic N) is 1. The Labute approximate surface area is 101 Å². The Balaban J connectivity index is 2.56. The number of amides is 1. The smallest absolute Gasteiger partial charge is 0.263 e. The molecule has 1 rings (SSSR count). The van der Waals surface area contributed by atoms with Crippen LogP contribution in [0.4, 0.5) is 5.69 Å². The molecule has 2 N–H and O–H groups in total. The van der Waals surface area contributed by atoms with Gasteiger partial charge < -0.3 is 10.6 Å². The highest BCUT2D eigenvalue weighted by atomic mass is 32.1. The fraction of sp³-hybridized carbons (Fsp3) is 0.583. The van der Waals surface area contributed by atoms with Crippen LogP contribution in [0.3, 0.4) is 0 Å². The molecule has 1 aromatic heterocycles. The molecule has 0 aromatic carbocycles. The number of aryl methyl sites for hydroxylation is 1. The Morgan fingerprint density at radius 2 is 2.19 bits per heavy atom. The number of thiophene rings is 1. The number of carbonyl (C=O) groups excluding carboxylic acids is 1. The van der Waals surface area contributed by atoms with Gasteiger partial charge in [0.05, 0.1) is 4.88 Å². The monoisotopic (exact) mass is 240 g/mol. The Morgan fingerprint density at radius 3 is 2.69 bits per heavy atom. The van der Waals surface area contributed by atoms with Crippen molar-refractivity contribution >= 4 is 22.9 Å². The minimum absolute atomic E-state index is 0.0842. The van der Waals surface area contributed by atoms with Gasteiger partial charge in [-0.05, 0) is 19.4 Å². The molecule has 0 unspecified atom stereocenters. The number of unbranched alkanes of at least 4 members (excludes halogenated alkanes) is 2. The van der Waals surface area contributed by atoms with Crippen molar-refractivity contribution in [2.45, 2.75) is 33.1 Å². The van der Waals surface area contributed by atoms with Crippen molar-refractivity contribution in [2.24, 2.45) is 0 Å². The van der Waals surface area contributed by atoms with E-state index in [4.69, 9.17) is 5.73 Å². The first-order chi connectivity index (χ1) is 7.56. The van der Waals surface area contributed by atoms with Gasteiger partial charge in [-0.15, -0.1) is 11.3 Å². The highest BCUT2D eigenvalue weighted by molar-refractivity contribution is 7.14. The molecule has 0 spiro atoms. The third kappa shape index (κ3) is 3.23. The molecule has 0 aliphatic heterocycles. The van der Waals surface area contributed by atoms with Crippen LogP contribution in [-0.4, -0.2) is 24.4 Å². The fourth-order valence-corrected chi connectivity index (χ4v) is 2.43. The Hall–Kier alpha value is -1.03. The van der Waals surface area contributed by atoms with Crippen LogP contribution in [0.2, 0.25) is 0 Å². The van der Waals surface area contributed by atoms with E-state index in [1.165, 1.54) is 24.2 Å². The van der Waals surface area contributed by atoms with Gasteiger partial charge in [0.15, 0.2) is 0 Å². The summed E-state index contributed by atoms with van der Waals surface area (Å²) in [4.78, 5) is 15.5. The van der Waals surface area contributed by atoms with E-state index >= 15 is 0 Å². The van der Waals surface area contributed by atoms with Crippen LogP contribution in [0.1, 0.15) is 40.7 Å². The largest absolute Gasteiger partial charge is 0.398 e. The van der Waals surface area contributed by atoms with Crippen molar-refractivity contribution in [3.05, 3.63) is 15.8 Å². The summed E-state index contributed by atoms with van der Waals surface area (Å²) in [6.07, 6.45) is 3.41. The van der Waals surface area contributed by atoms with Crippen LogP contribution >= 0.6 is 11.3 Å². The maximum Gasteiger partial charge on any atom is 0.263 e. The SMILES string of the molecule is CCCCCN(C)C(=O)c1cc(N)c(C)s1. The molecule has 0 aliphatic carbocycles. The standard InChI is InChI=1S/C12H20N2OS/c1-4-5-6-7-14(3)12(15)11-8-10(13)9(2)16-11/h8H,4-7,13H2,1-3H3. The van der Waals surface area contributed by atoms with Crippen LogP contribution in [-0.2, 0) is 0 Å². The van der Waals surface area contributed by atoms with Crippen LogP contribution in [0.5, 0.6) is 0 Å². The zero-order valence-electron chi connectivity index (χ0n) is 10.2. The predicted octanol–water partition coefficient (Wildman–Crippen LogP) is 2.90. The third-order valence-electron chi connectivity index (χ3n) is 2.61. The van der Waals surface area contributed by atoms with Gasteiger partial charge in [-0.1, -0.05) is 19.8 Å². The van der Waals surface area contributed by atoms with E-state index in [0.29, 0.717) is 0 Å². The van der Waals surface area contributed by atoms with Gasteiger partial charge >= 0.3 is 0 Å². The number of nitrogens with two attached hydrogens (primary N) is 1. The molecule has 16 heavy (non-hydrogen) atoms. The summed E-state index contributed by atoms with van der Waals surface area (Å²) in [6, 6.07) is 1.78. The number of anilines is 1. The first-order valence-electron chi connectivity index (χ1n) is 5.67. The predicted molar refractivity (Wildman–Crippen MR) is 70.0 cm³/mol. The maximum absolute atomic E-state index is 12.0. The van der Waals surface area contributed by atoms with Crippen molar-refractivity contribution in [3.63, 3.8) is 0 Å². The van der Waals surface area contributed by atoms with E-state index in [0.717, 1.165) is 28.4 Å². The summed E-state index contributed by atoms with van der Waals surface area (Å²) in [6.45, 7) is 4.92. The van der Waals surface area contributed by atoms with Crippen LogP contribution in [0.25, 0.3) is 0 Å². The van der Waals surface area contributed by atoms with Gasteiger partial charge in [0.25, 0.3) is 5.91 Å². The number of nitrogen functional groups attached to an aromatic ring is 1. The van der Waals surface area contributed by atoms with Gasteiger partial charge in [0, 0.05) is 24.2 Å². The normalized spacial score (nSPS) is 10.4. The number of hydrogen-bond donors (Lipinski definition) is 1. The molecule has 1 aromatic rings. The summed E-state index contributed by atoms with van der Waals surface area (Å²) in [7, 11) is 1.85. The average molecular weight is 240 g/mol. The quantitative estimate of drug-likeness (QED) is 0.804. The summed E-state index contributed by atoms with van der Waals surface area (Å²) in [5.41, 5.74) is 6.46. The van der Waals surface area contributed by atoms with Crippen molar-refractivity contribution in [2.75, 3.05) is 19.3 Å². The highest BCUT2D eigenvalue weighted by Gasteiger charge is 2.14. The molecule has 0 radical (unpaired) electrons. The second kappa shape index (κ2) is 5.89. The lowest BCUT2D eigenvalue weighted by Gasteiger charge is -2.15. The minimum atomic E-state index is 0.0842. The molecule has 0 saturated carbocycles. The van der Waals surface area contributed by atoms with E-state index in [1.807, 2.05) is 14.0 Å². The number of hydrogen-bond acceptors (Lipinski definition) is 3. The van der Waals surface area contributed by atoms with E-state index in [2.05, 4.69) is 6.92 Å². The van der Waals surface area contributed by atoms with Crippen molar-refractivity contribution in [3.8, 4) is 0 Å². The van der Waals surface area contributed by atoms with E-state index < -0.39 is 0 Å². The fourth-order valence-electron chi connectivity index (χ4n) is 1.49. The van der Waals surface area contributed by atoms with Gasteiger partial charge in [0.2, 0.25) is 0 Å². The zero-order valence-corrected chi connectivity index (χ0v) is 11.1. The van der Waals surface area contributed by atoms with Crippen LogP contribution in [0.15, 0.2) is 6.07 Å². The molecular weight excluding hydrogens is 220 g/mol. The molecular formula is C12H20N2OS. The van der Waals surface area contributed by atoms with Crippen molar-refractivity contribution in [1.82, 2.24) is 4.90 Å². The van der Waals surface area contributed by atoms with Crippen LogP contribution in [0, 0.1) is 6.92 Å². The topological polar surface area (TPSA) is 46.3 Å². The maximum atomic E-state index is 12.0. The van der Waals surface area contributed by atoms with Crippen molar-refractivity contribution in [1.29, 1.82) is 0 Å². The molecule has 90 valence electrons. The average Bonchev–Trinajstić information content (AvgIpc) is 2.58. The lowest BCUT2D eigenvalue weighted by molar-refractivity contribution is 0.0797. The molecule has 4 heteroatoms. The lowest BCUT2D eigenvalue weighted by Crippen LogP contribution is -2.26. The molecule has 1 amide bonds. The third-order valence-corrected chi connectivity index (χ3v) is 3.67. The first-order valence-corrected chi connectivity index (χ1v) is 6.49. The minimum Gasteiger partial charge on any atom is -0.398 e. The molecule has 0 fully saturated rings. The second-order valence-corrected chi connectivity index (χ2v) is 5.31. The van der Waals surface area contributed by atoms with E-state index in [9.17, 15) is 4.79 Å². The number of carbonyl (C=O) groups is 1. The second-order valence-electron chi connectivity index (χ2n) is 4.06. The molecule has 0 aliphatic rings. The van der Waals surface area contributed by atoms with Gasteiger partial charge in [-0.25, -0.2) is 0 Å². The highest BCUT2D eigenvalue weighted by Crippen LogP contribution is 2.24. The summed E-state index contributed by atoms with van der Waals surface area (Å²) in [5.74, 6) is 0.0842. The van der Waals surface area contributed by atoms with E-state index in [-0.39, 0.29) is 5.91 Å². The first kappa shape index (κ1) is 13.0. The Kier molecular flexibility index (Phi) is 4.80. The Bertz CT molecular complexity index is 340. The zero-order chi connectivity index (χ0) is 12.1. The summed E-state index contributed by atoms with van der Waals surface area (Å²) < 4.78 is 0. The molecule has 0 bridgehead atoms. The summed E-state index contributed by atoms with van der Waals surface area (Å²) >= 11 is 1.47. The molecule has 0 atom stereocenters. The molecule has 1 heterocycles. The molecule has 0 saturated heterocycles. The van der Waals surface area contributed by atoms with Gasteiger partial charge in [-0.3, -0.25) is 4.79 Å². The molecule has 3 nitrogen and oxygen atoms in total. The van der Waals surface area contributed by atoms with Crippen LogP contribution < -0.4 is 5.73 Å². The van der Waals surface area contributed by atoms with E-state index in [1.54, 1.807) is 11.0 Å². The van der Waals surface area contributed by atoms with Crippen molar-refractivity contribution < 1.29 is 4.79 Å². The lowest BCUT2D eigenvalue weighted by atomic mass is 10.2. The number of rotatable bonds is 5. The Morgan fingerprint density at radius 1 is 1.50 bits per heavy atom. The summed E-state index contributed by atoms with van der Waals surface area (Å²) in [5, 5.41) is 0. The van der Waals surface area contributed by atoms with Gasteiger partial charge in [-0.2, -0.15) is 0 Å². The van der Waals surface area contributed by atoms with Gasteiger partial charge in [0.1, 0.15) is 0 Å².